The maximum absolute atomic E-state index is 14.0. The van der Waals surface area contributed by atoms with Crippen molar-refractivity contribution in [1.29, 1.82) is 0 Å². The molecule has 5 amide bonds. The molecule has 8 N–H and O–H groups in total. The van der Waals surface area contributed by atoms with Crippen LogP contribution in [0.25, 0.3) is 0 Å². The SMILES string of the molecule is CC(C)CC(NC(=O)[C@@H](Cc1ccccc1)NC(=O)[C@H](N)Cc1ccccc1)C(=O)N[C@H](CCCCN)C(=O)N1CCC2(CC1)CN(C(=O)CO)C2. The Morgan fingerprint density at radius 2 is 1.29 bits per heavy atom. The number of nitrogens with two attached hydrogens (primary N) is 2. The number of carbonyl (C=O) groups is 5. The summed E-state index contributed by atoms with van der Waals surface area (Å²) < 4.78 is 0. The lowest BCUT2D eigenvalue weighted by Gasteiger charge is -2.54. The van der Waals surface area contributed by atoms with Crippen LogP contribution in [0.4, 0.5) is 0 Å². The van der Waals surface area contributed by atoms with Gasteiger partial charge in [0.05, 0.1) is 6.04 Å². The Hall–Kier alpha value is -4.33. The van der Waals surface area contributed by atoms with Crippen molar-refractivity contribution in [2.24, 2.45) is 22.8 Å². The fourth-order valence-corrected chi connectivity index (χ4v) is 7.07. The van der Waals surface area contributed by atoms with E-state index in [1.54, 1.807) is 9.80 Å². The van der Waals surface area contributed by atoms with E-state index in [0.717, 1.165) is 24.0 Å². The van der Waals surface area contributed by atoms with Crippen molar-refractivity contribution in [2.45, 2.75) is 89.4 Å². The first-order valence-corrected chi connectivity index (χ1v) is 18.6. The van der Waals surface area contributed by atoms with Gasteiger partial charge < -0.3 is 42.3 Å². The van der Waals surface area contributed by atoms with E-state index in [9.17, 15) is 29.1 Å². The van der Waals surface area contributed by atoms with Crippen molar-refractivity contribution in [3.05, 3.63) is 71.8 Å². The number of benzene rings is 2. The Kier molecular flexibility index (Phi) is 15.2. The molecule has 284 valence electrons. The van der Waals surface area contributed by atoms with Gasteiger partial charge in [0, 0.05) is 38.0 Å². The third-order valence-corrected chi connectivity index (χ3v) is 10.1. The minimum atomic E-state index is -1.00. The monoisotopic (exact) mass is 719 g/mol. The van der Waals surface area contributed by atoms with Crippen LogP contribution in [0.2, 0.25) is 0 Å². The topological polar surface area (TPSA) is 200 Å². The van der Waals surface area contributed by atoms with Crippen molar-refractivity contribution in [1.82, 2.24) is 25.8 Å². The number of hydrogen-bond donors (Lipinski definition) is 6. The number of unbranched alkanes of at least 4 members (excludes halogenated alkanes) is 1. The quantitative estimate of drug-likeness (QED) is 0.122. The number of nitrogens with one attached hydrogen (secondary N) is 3. The molecular weight excluding hydrogens is 662 g/mol. The number of likely N-dealkylation sites (tertiary alicyclic amines) is 2. The predicted molar refractivity (Wildman–Crippen MR) is 198 cm³/mol. The summed E-state index contributed by atoms with van der Waals surface area (Å²) in [5.41, 5.74) is 13.7. The number of piperidine rings is 1. The van der Waals surface area contributed by atoms with Gasteiger partial charge in [0.15, 0.2) is 0 Å². The largest absolute Gasteiger partial charge is 0.387 e. The standard InChI is InChI=1S/C39H57N7O6/c1-27(2)21-32(44-37(51)33(23-29-13-7-4-8-14-29)43-35(49)30(41)22-28-11-5-3-6-12-28)36(50)42-31(15-9-10-18-40)38(52)45-19-16-39(17-20-45)25-46(26-39)34(48)24-47/h3-8,11-14,27,30-33,47H,9-10,15-26,40-41H2,1-2H3,(H,42,50)(H,43,49)(H,44,51)/t30-,31-,32?,33-/m1/s1. The minimum Gasteiger partial charge on any atom is -0.387 e. The van der Waals surface area contributed by atoms with E-state index in [1.165, 1.54) is 0 Å². The van der Waals surface area contributed by atoms with Gasteiger partial charge in [-0.25, -0.2) is 0 Å². The van der Waals surface area contributed by atoms with Crippen LogP contribution < -0.4 is 27.4 Å². The molecule has 2 fully saturated rings. The maximum atomic E-state index is 14.0. The average molecular weight is 720 g/mol. The predicted octanol–water partition coefficient (Wildman–Crippen LogP) is 0.872. The number of aliphatic hydroxyl groups is 1. The third kappa shape index (κ3) is 11.6. The normalized spacial score (nSPS) is 17.4. The molecule has 1 unspecified atom stereocenters. The Balaban J connectivity index is 1.44. The van der Waals surface area contributed by atoms with Crippen LogP contribution >= 0.6 is 0 Å². The summed E-state index contributed by atoms with van der Waals surface area (Å²) in [6, 6.07) is 15.0. The van der Waals surface area contributed by atoms with E-state index in [0.29, 0.717) is 64.8 Å². The minimum absolute atomic E-state index is 0.0296. The number of hydrogen-bond acceptors (Lipinski definition) is 8. The van der Waals surface area contributed by atoms with Crippen LogP contribution in [-0.2, 0) is 36.8 Å². The fourth-order valence-electron chi connectivity index (χ4n) is 7.07. The first-order valence-electron chi connectivity index (χ1n) is 18.6. The Morgan fingerprint density at radius 3 is 1.85 bits per heavy atom. The van der Waals surface area contributed by atoms with Crippen LogP contribution in [0.5, 0.6) is 0 Å². The zero-order chi connectivity index (χ0) is 37.7. The summed E-state index contributed by atoms with van der Waals surface area (Å²) in [5, 5.41) is 17.9. The summed E-state index contributed by atoms with van der Waals surface area (Å²) in [6.07, 6.45) is 3.99. The molecule has 2 aromatic carbocycles. The van der Waals surface area contributed by atoms with E-state index < -0.39 is 48.5 Å². The average Bonchev–Trinajstić information content (AvgIpc) is 3.12. The van der Waals surface area contributed by atoms with Crippen molar-refractivity contribution in [2.75, 3.05) is 39.3 Å². The van der Waals surface area contributed by atoms with Crippen LogP contribution in [0.1, 0.15) is 63.5 Å². The summed E-state index contributed by atoms with van der Waals surface area (Å²) >= 11 is 0. The molecule has 13 heteroatoms. The molecule has 4 rings (SSSR count). The molecule has 1 spiro atoms. The molecule has 0 saturated carbocycles. The van der Waals surface area contributed by atoms with E-state index in [4.69, 9.17) is 11.5 Å². The van der Waals surface area contributed by atoms with Gasteiger partial charge in [0.25, 0.3) is 0 Å². The highest BCUT2D eigenvalue weighted by Gasteiger charge is 2.47. The van der Waals surface area contributed by atoms with Gasteiger partial charge in [-0.05, 0) is 68.5 Å². The van der Waals surface area contributed by atoms with Gasteiger partial charge in [0.1, 0.15) is 24.7 Å². The van der Waals surface area contributed by atoms with E-state index in [-0.39, 0.29) is 29.6 Å². The molecule has 52 heavy (non-hydrogen) atoms. The molecular formula is C39H57N7O6. The van der Waals surface area contributed by atoms with Crippen LogP contribution in [0.3, 0.4) is 0 Å². The van der Waals surface area contributed by atoms with Gasteiger partial charge in [-0.2, -0.15) is 0 Å². The summed E-state index contributed by atoms with van der Waals surface area (Å²) in [6.45, 7) is 6.00. The highest BCUT2D eigenvalue weighted by atomic mass is 16.3. The molecule has 2 heterocycles. The van der Waals surface area contributed by atoms with E-state index in [1.807, 2.05) is 74.5 Å². The van der Waals surface area contributed by atoms with Crippen LogP contribution in [0.15, 0.2) is 60.7 Å². The van der Waals surface area contributed by atoms with Crippen molar-refractivity contribution in [3.63, 3.8) is 0 Å². The van der Waals surface area contributed by atoms with Gasteiger partial charge in [0.2, 0.25) is 29.5 Å². The van der Waals surface area contributed by atoms with Crippen molar-refractivity contribution < 1.29 is 29.1 Å². The molecule has 2 aliphatic heterocycles. The summed E-state index contributed by atoms with van der Waals surface area (Å²) in [5.74, 6) is -1.90. The lowest BCUT2D eigenvalue weighted by Crippen LogP contribution is -2.63. The number of rotatable bonds is 18. The summed E-state index contributed by atoms with van der Waals surface area (Å²) in [7, 11) is 0. The molecule has 0 radical (unpaired) electrons. The van der Waals surface area contributed by atoms with E-state index in [2.05, 4.69) is 16.0 Å². The number of aliphatic hydroxyl groups excluding tert-OH is 1. The molecule has 2 aliphatic rings. The second kappa shape index (κ2) is 19.5. The second-order valence-electron chi connectivity index (χ2n) is 14.8. The Bertz CT molecular complexity index is 1470. The second-order valence-corrected chi connectivity index (χ2v) is 14.8. The molecule has 2 aromatic rings. The molecule has 0 bridgehead atoms. The van der Waals surface area contributed by atoms with Crippen LogP contribution in [0, 0.1) is 11.3 Å². The van der Waals surface area contributed by atoms with Gasteiger partial charge >= 0.3 is 0 Å². The molecule has 0 aliphatic carbocycles. The number of carbonyl (C=O) groups excluding carboxylic acids is 5. The zero-order valence-electron chi connectivity index (χ0n) is 30.6. The molecule has 4 atom stereocenters. The third-order valence-electron chi connectivity index (χ3n) is 10.1. The maximum Gasteiger partial charge on any atom is 0.248 e. The lowest BCUT2D eigenvalue weighted by atomic mass is 9.72. The first-order chi connectivity index (χ1) is 24.9. The Morgan fingerprint density at radius 1 is 0.750 bits per heavy atom. The molecule has 13 nitrogen and oxygen atoms in total. The Labute approximate surface area is 307 Å². The first kappa shape index (κ1) is 40.4. The van der Waals surface area contributed by atoms with E-state index >= 15 is 0 Å². The zero-order valence-corrected chi connectivity index (χ0v) is 30.6. The summed E-state index contributed by atoms with van der Waals surface area (Å²) in [4.78, 5) is 70.4. The van der Waals surface area contributed by atoms with Gasteiger partial charge in [-0.15, -0.1) is 0 Å². The fraction of sp³-hybridized carbons (Fsp3) is 0.564. The van der Waals surface area contributed by atoms with Gasteiger partial charge in [-0.1, -0.05) is 74.5 Å². The highest BCUT2D eigenvalue weighted by molar-refractivity contribution is 5.95. The number of amides is 5. The highest BCUT2D eigenvalue weighted by Crippen LogP contribution is 2.40. The van der Waals surface area contributed by atoms with Crippen molar-refractivity contribution >= 4 is 29.5 Å². The lowest BCUT2D eigenvalue weighted by molar-refractivity contribution is -0.153. The molecule has 2 saturated heterocycles. The molecule has 0 aromatic heterocycles. The van der Waals surface area contributed by atoms with Crippen molar-refractivity contribution in [3.8, 4) is 0 Å². The smallest absolute Gasteiger partial charge is 0.248 e. The van der Waals surface area contributed by atoms with Crippen LogP contribution in [-0.4, -0.2) is 108 Å². The number of nitrogens with zero attached hydrogens (tertiary/aromatic N) is 2. The van der Waals surface area contributed by atoms with Gasteiger partial charge in [-0.3, -0.25) is 24.0 Å².